The number of rotatable bonds is 2. The van der Waals surface area contributed by atoms with Crippen LogP contribution in [-0.4, -0.2) is 9.97 Å². The van der Waals surface area contributed by atoms with Gasteiger partial charge >= 0.3 is 0 Å². The number of hydrogen-bond acceptors (Lipinski definition) is 2. The molecular formula is C11H15N3. The molecule has 0 amide bonds. The molecule has 0 spiro atoms. The van der Waals surface area contributed by atoms with Crippen LogP contribution in [0.15, 0.2) is 24.5 Å². The number of aromatic nitrogens is 2. The van der Waals surface area contributed by atoms with Crippen molar-refractivity contribution in [3.8, 4) is 0 Å². The van der Waals surface area contributed by atoms with Crippen LogP contribution in [-0.2, 0) is 0 Å². The Morgan fingerprint density at radius 1 is 1.43 bits per heavy atom. The topological polar surface area (TPSA) is 54.7 Å². The predicted molar refractivity (Wildman–Crippen MR) is 57.9 cm³/mol. The Kier molecular flexibility index (Phi) is 2.25. The SMILES string of the molecule is CC(C)[C@H](N)c1cnc2[nH]ccc2c1. The van der Waals surface area contributed by atoms with E-state index in [4.69, 9.17) is 5.73 Å². The van der Waals surface area contributed by atoms with Gasteiger partial charge in [0, 0.05) is 23.8 Å². The van der Waals surface area contributed by atoms with Crippen LogP contribution in [0.25, 0.3) is 11.0 Å². The first-order chi connectivity index (χ1) is 6.68. The number of aromatic amines is 1. The molecule has 14 heavy (non-hydrogen) atoms. The molecule has 3 heteroatoms. The number of pyridine rings is 1. The second-order valence-electron chi connectivity index (χ2n) is 3.95. The first-order valence-corrected chi connectivity index (χ1v) is 4.87. The van der Waals surface area contributed by atoms with Gasteiger partial charge in [-0.05, 0) is 23.6 Å². The monoisotopic (exact) mass is 189 g/mol. The molecule has 0 aliphatic rings. The van der Waals surface area contributed by atoms with Gasteiger partial charge in [0.1, 0.15) is 5.65 Å². The Balaban J connectivity index is 2.43. The summed E-state index contributed by atoms with van der Waals surface area (Å²) in [6.45, 7) is 4.23. The van der Waals surface area contributed by atoms with Gasteiger partial charge in [-0.15, -0.1) is 0 Å². The average Bonchev–Trinajstić information content (AvgIpc) is 2.62. The summed E-state index contributed by atoms with van der Waals surface area (Å²) in [7, 11) is 0. The quantitative estimate of drug-likeness (QED) is 0.761. The molecule has 0 aromatic carbocycles. The lowest BCUT2D eigenvalue weighted by molar-refractivity contribution is 0.513. The molecule has 0 bridgehead atoms. The van der Waals surface area contributed by atoms with Crippen LogP contribution in [0.5, 0.6) is 0 Å². The molecular weight excluding hydrogens is 174 g/mol. The van der Waals surface area contributed by atoms with E-state index in [9.17, 15) is 0 Å². The third-order valence-electron chi connectivity index (χ3n) is 2.52. The highest BCUT2D eigenvalue weighted by Crippen LogP contribution is 2.21. The zero-order valence-electron chi connectivity index (χ0n) is 8.49. The van der Waals surface area contributed by atoms with Crippen molar-refractivity contribution in [2.45, 2.75) is 19.9 Å². The number of nitrogens with two attached hydrogens (primary N) is 1. The van der Waals surface area contributed by atoms with E-state index >= 15 is 0 Å². The van der Waals surface area contributed by atoms with Crippen LogP contribution < -0.4 is 5.73 Å². The fourth-order valence-electron chi connectivity index (χ4n) is 1.52. The van der Waals surface area contributed by atoms with Gasteiger partial charge < -0.3 is 10.7 Å². The van der Waals surface area contributed by atoms with E-state index in [1.165, 1.54) is 0 Å². The number of hydrogen-bond donors (Lipinski definition) is 2. The molecule has 2 rings (SSSR count). The Hall–Kier alpha value is -1.35. The van der Waals surface area contributed by atoms with Crippen LogP contribution >= 0.6 is 0 Å². The van der Waals surface area contributed by atoms with E-state index in [0.717, 1.165) is 16.6 Å². The van der Waals surface area contributed by atoms with Crippen molar-refractivity contribution >= 4 is 11.0 Å². The van der Waals surface area contributed by atoms with Crippen molar-refractivity contribution in [3.05, 3.63) is 30.1 Å². The molecule has 0 saturated carbocycles. The van der Waals surface area contributed by atoms with Crippen LogP contribution in [0.4, 0.5) is 0 Å². The first kappa shape index (κ1) is 9.21. The van der Waals surface area contributed by atoms with Gasteiger partial charge in [-0.3, -0.25) is 0 Å². The normalized spacial score (nSPS) is 13.7. The molecule has 0 unspecified atom stereocenters. The van der Waals surface area contributed by atoms with E-state index in [-0.39, 0.29) is 6.04 Å². The van der Waals surface area contributed by atoms with Crippen molar-refractivity contribution in [1.82, 2.24) is 9.97 Å². The van der Waals surface area contributed by atoms with Crippen molar-refractivity contribution in [2.24, 2.45) is 11.7 Å². The molecule has 1 atom stereocenters. The summed E-state index contributed by atoms with van der Waals surface area (Å²) in [6.07, 6.45) is 3.74. The average molecular weight is 189 g/mol. The number of nitrogens with one attached hydrogen (secondary N) is 1. The molecule has 0 fully saturated rings. The molecule has 0 radical (unpaired) electrons. The van der Waals surface area contributed by atoms with Crippen LogP contribution in [0, 0.1) is 5.92 Å². The fourth-order valence-corrected chi connectivity index (χ4v) is 1.52. The molecule has 2 aromatic rings. The van der Waals surface area contributed by atoms with Gasteiger partial charge in [-0.1, -0.05) is 13.8 Å². The highest BCUT2D eigenvalue weighted by molar-refractivity contribution is 5.75. The summed E-state index contributed by atoms with van der Waals surface area (Å²) in [5, 5.41) is 1.12. The van der Waals surface area contributed by atoms with Crippen molar-refractivity contribution in [2.75, 3.05) is 0 Å². The van der Waals surface area contributed by atoms with Gasteiger partial charge in [0.05, 0.1) is 0 Å². The third-order valence-corrected chi connectivity index (χ3v) is 2.52. The maximum absolute atomic E-state index is 6.05. The summed E-state index contributed by atoms with van der Waals surface area (Å²) >= 11 is 0. The lowest BCUT2D eigenvalue weighted by atomic mass is 9.98. The van der Waals surface area contributed by atoms with E-state index in [1.54, 1.807) is 0 Å². The Morgan fingerprint density at radius 2 is 2.21 bits per heavy atom. The second kappa shape index (κ2) is 3.42. The van der Waals surface area contributed by atoms with Gasteiger partial charge in [0.2, 0.25) is 0 Å². The van der Waals surface area contributed by atoms with Gasteiger partial charge in [0.25, 0.3) is 0 Å². The molecule has 3 nitrogen and oxygen atoms in total. The fraction of sp³-hybridized carbons (Fsp3) is 0.364. The van der Waals surface area contributed by atoms with Crippen LogP contribution in [0.1, 0.15) is 25.5 Å². The second-order valence-corrected chi connectivity index (χ2v) is 3.95. The Bertz CT molecular complexity index is 431. The molecule has 2 heterocycles. The predicted octanol–water partition coefficient (Wildman–Crippen LogP) is 2.22. The maximum Gasteiger partial charge on any atom is 0.137 e. The number of nitrogens with zero attached hydrogens (tertiary/aromatic N) is 1. The first-order valence-electron chi connectivity index (χ1n) is 4.87. The zero-order valence-corrected chi connectivity index (χ0v) is 8.49. The summed E-state index contributed by atoms with van der Waals surface area (Å²) in [6, 6.07) is 4.18. The van der Waals surface area contributed by atoms with E-state index in [1.807, 2.05) is 18.5 Å². The van der Waals surface area contributed by atoms with Gasteiger partial charge in [0.15, 0.2) is 0 Å². The van der Waals surface area contributed by atoms with Gasteiger partial charge in [-0.2, -0.15) is 0 Å². The van der Waals surface area contributed by atoms with Crippen molar-refractivity contribution < 1.29 is 0 Å². The largest absolute Gasteiger partial charge is 0.346 e. The molecule has 0 saturated heterocycles. The summed E-state index contributed by atoms with van der Waals surface area (Å²) in [4.78, 5) is 7.37. The maximum atomic E-state index is 6.05. The van der Waals surface area contributed by atoms with Crippen LogP contribution in [0.2, 0.25) is 0 Å². The molecule has 74 valence electrons. The minimum atomic E-state index is 0.0711. The summed E-state index contributed by atoms with van der Waals surface area (Å²) < 4.78 is 0. The number of H-pyrrole nitrogens is 1. The van der Waals surface area contributed by atoms with Gasteiger partial charge in [-0.25, -0.2) is 4.98 Å². The molecule has 3 N–H and O–H groups in total. The minimum Gasteiger partial charge on any atom is -0.346 e. The standard InChI is InChI=1S/C11H15N3/c1-7(2)10(12)9-5-8-3-4-13-11(8)14-6-9/h3-7,10H,12H2,1-2H3,(H,13,14)/t10-/m0/s1. The highest BCUT2D eigenvalue weighted by Gasteiger charge is 2.11. The van der Waals surface area contributed by atoms with Crippen molar-refractivity contribution in [1.29, 1.82) is 0 Å². The summed E-state index contributed by atoms with van der Waals surface area (Å²) in [5.74, 6) is 0.438. The third kappa shape index (κ3) is 1.51. The lowest BCUT2D eigenvalue weighted by Crippen LogP contribution is -2.16. The highest BCUT2D eigenvalue weighted by atomic mass is 14.8. The molecule has 0 aliphatic heterocycles. The Labute approximate surface area is 83.3 Å². The van der Waals surface area contributed by atoms with Crippen molar-refractivity contribution in [3.63, 3.8) is 0 Å². The zero-order chi connectivity index (χ0) is 10.1. The molecule has 2 aromatic heterocycles. The summed E-state index contributed by atoms with van der Waals surface area (Å²) in [5.41, 5.74) is 8.07. The number of fused-ring (bicyclic) bond motifs is 1. The van der Waals surface area contributed by atoms with E-state index in [2.05, 4.69) is 29.9 Å². The lowest BCUT2D eigenvalue weighted by Gasteiger charge is -2.15. The van der Waals surface area contributed by atoms with Crippen LogP contribution in [0.3, 0.4) is 0 Å². The Morgan fingerprint density at radius 3 is 2.93 bits per heavy atom. The van der Waals surface area contributed by atoms with E-state index in [0.29, 0.717) is 5.92 Å². The van der Waals surface area contributed by atoms with E-state index < -0.39 is 0 Å². The smallest absolute Gasteiger partial charge is 0.137 e. The molecule has 0 aliphatic carbocycles. The minimum absolute atomic E-state index is 0.0711.